The fraction of sp³-hybridized carbons (Fsp3) is 0.944. The van der Waals surface area contributed by atoms with E-state index >= 15 is 0 Å². The first-order chi connectivity index (χ1) is 10.8. The largest absolute Gasteiger partial charge is 0.350 e. The lowest BCUT2D eigenvalue weighted by atomic mass is 9.75. The van der Waals surface area contributed by atoms with E-state index in [1.807, 2.05) is 0 Å². The number of ether oxygens (including phenoxy) is 1. The van der Waals surface area contributed by atoms with E-state index in [9.17, 15) is 4.79 Å². The first-order valence-electron chi connectivity index (χ1n) is 9.41. The smallest absolute Gasteiger partial charge is 0.251 e. The number of carbonyl (C=O) groups excluding carboxylic acids is 1. The summed E-state index contributed by atoms with van der Waals surface area (Å²) in [7, 11) is 0. The van der Waals surface area contributed by atoms with E-state index < -0.39 is 0 Å². The molecular formula is C18H31NO3. The Morgan fingerprint density at radius 1 is 1.14 bits per heavy atom. The molecule has 22 heavy (non-hydrogen) atoms. The molecule has 1 unspecified atom stereocenters. The summed E-state index contributed by atoms with van der Waals surface area (Å²) >= 11 is 0. The van der Waals surface area contributed by atoms with E-state index in [-0.39, 0.29) is 24.2 Å². The third-order valence-corrected chi connectivity index (χ3v) is 5.57. The maximum Gasteiger partial charge on any atom is 0.251 e. The van der Waals surface area contributed by atoms with Gasteiger partial charge in [-0.1, -0.05) is 45.4 Å². The van der Waals surface area contributed by atoms with E-state index in [1.165, 1.54) is 32.1 Å². The standard InChI is InChI=1S/C18H31NO3/c1-2-8-16-15(13-14-9-4-3-5-10-14)18(20)19(16)22-17-11-6-7-12-21-17/h14-17H,2-13H2,1H3/t15?,16-,17+/m0/s1. The molecule has 4 heteroatoms. The van der Waals surface area contributed by atoms with Crippen LogP contribution in [-0.2, 0) is 14.4 Å². The molecule has 3 atom stereocenters. The normalized spacial score (nSPS) is 33.8. The summed E-state index contributed by atoms with van der Waals surface area (Å²) in [6.45, 7) is 2.95. The Morgan fingerprint density at radius 2 is 1.91 bits per heavy atom. The lowest BCUT2D eigenvalue weighted by Crippen LogP contribution is -2.62. The van der Waals surface area contributed by atoms with Crippen LogP contribution in [0.1, 0.15) is 77.6 Å². The Labute approximate surface area is 134 Å². The van der Waals surface area contributed by atoms with Gasteiger partial charge in [0.1, 0.15) is 0 Å². The molecule has 4 nitrogen and oxygen atoms in total. The Bertz CT molecular complexity index is 331. The molecule has 126 valence electrons. The quantitative estimate of drug-likeness (QED) is 0.695. The molecule has 0 radical (unpaired) electrons. The van der Waals surface area contributed by atoms with Crippen LogP contribution in [0.25, 0.3) is 0 Å². The maximum absolute atomic E-state index is 12.5. The molecule has 0 spiro atoms. The van der Waals surface area contributed by atoms with E-state index in [4.69, 9.17) is 9.57 Å². The van der Waals surface area contributed by atoms with E-state index in [0.29, 0.717) is 0 Å². The van der Waals surface area contributed by atoms with Crippen LogP contribution in [0.5, 0.6) is 0 Å². The second kappa shape index (κ2) is 7.78. The SMILES string of the molecule is CCC[C@H]1C(CC2CCCCC2)C(=O)N1O[C@@H]1CCCCO1. The number of hydroxylamine groups is 2. The van der Waals surface area contributed by atoms with Gasteiger partial charge in [-0.15, -0.1) is 0 Å². The second-order valence-corrected chi connectivity index (χ2v) is 7.27. The summed E-state index contributed by atoms with van der Waals surface area (Å²) in [4.78, 5) is 18.4. The molecule has 0 aromatic heterocycles. The van der Waals surface area contributed by atoms with Crippen molar-refractivity contribution < 1.29 is 14.4 Å². The number of nitrogens with zero attached hydrogens (tertiary/aromatic N) is 1. The van der Waals surface area contributed by atoms with Crippen molar-refractivity contribution in [3.05, 3.63) is 0 Å². The van der Waals surface area contributed by atoms with E-state index in [1.54, 1.807) is 5.06 Å². The number of hydrogen-bond acceptors (Lipinski definition) is 3. The minimum atomic E-state index is -0.201. The van der Waals surface area contributed by atoms with Crippen LogP contribution in [-0.4, -0.2) is 29.9 Å². The van der Waals surface area contributed by atoms with Crippen LogP contribution in [0.2, 0.25) is 0 Å². The zero-order chi connectivity index (χ0) is 15.4. The molecule has 1 amide bonds. The van der Waals surface area contributed by atoms with Crippen LogP contribution >= 0.6 is 0 Å². The molecule has 1 saturated carbocycles. The molecule has 3 rings (SSSR count). The molecule has 0 bridgehead atoms. The van der Waals surface area contributed by atoms with Crippen LogP contribution in [0.3, 0.4) is 0 Å². The lowest BCUT2D eigenvalue weighted by Gasteiger charge is -2.48. The van der Waals surface area contributed by atoms with Crippen LogP contribution < -0.4 is 0 Å². The van der Waals surface area contributed by atoms with Crippen molar-refractivity contribution in [3.8, 4) is 0 Å². The Morgan fingerprint density at radius 3 is 2.59 bits per heavy atom. The van der Waals surface area contributed by atoms with Crippen molar-refractivity contribution in [2.24, 2.45) is 11.8 Å². The van der Waals surface area contributed by atoms with Gasteiger partial charge < -0.3 is 4.74 Å². The van der Waals surface area contributed by atoms with Crippen LogP contribution in [0, 0.1) is 11.8 Å². The van der Waals surface area contributed by atoms with Crippen LogP contribution in [0.4, 0.5) is 0 Å². The van der Waals surface area contributed by atoms with Gasteiger partial charge in [0.2, 0.25) is 0 Å². The average molecular weight is 309 g/mol. The molecule has 2 aliphatic heterocycles. The summed E-state index contributed by atoms with van der Waals surface area (Å²) < 4.78 is 5.63. The molecular weight excluding hydrogens is 278 g/mol. The van der Waals surface area contributed by atoms with Gasteiger partial charge in [-0.3, -0.25) is 4.79 Å². The Hall–Kier alpha value is -0.610. The first kappa shape index (κ1) is 16.3. The number of amides is 1. The zero-order valence-corrected chi connectivity index (χ0v) is 14.0. The maximum atomic E-state index is 12.5. The topological polar surface area (TPSA) is 38.8 Å². The minimum Gasteiger partial charge on any atom is -0.350 e. The fourth-order valence-electron chi connectivity index (χ4n) is 4.28. The minimum absolute atomic E-state index is 0.201. The lowest BCUT2D eigenvalue weighted by molar-refractivity contribution is -0.320. The molecule has 3 fully saturated rings. The second-order valence-electron chi connectivity index (χ2n) is 7.27. The van der Waals surface area contributed by atoms with Gasteiger partial charge in [0.25, 0.3) is 5.91 Å². The highest BCUT2D eigenvalue weighted by Crippen LogP contribution is 2.39. The highest BCUT2D eigenvalue weighted by molar-refractivity contribution is 5.84. The van der Waals surface area contributed by atoms with Gasteiger partial charge >= 0.3 is 0 Å². The number of rotatable bonds is 6. The van der Waals surface area contributed by atoms with Crippen LogP contribution in [0.15, 0.2) is 0 Å². The first-order valence-corrected chi connectivity index (χ1v) is 9.41. The number of hydrogen-bond donors (Lipinski definition) is 0. The molecule has 1 aliphatic carbocycles. The Balaban J connectivity index is 1.54. The summed E-state index contributed by atoms with van der Waals surface area (Å²) in [6, 6.07) is 0.282. The van der Waals surface area contributed by atoms with Crippen molar-refractivity contribution in [2.45, 2.75) is 89.9 Å². The fourth-order valence-corrected chi connectivity index (χ4v) is 4.28. The highest BCUT2D eigenvalue weighted by atomic mass is 16.8. The predicted molar refractivity (Wildman–Crippen MR) is 84.9 cm³/mol. The summed E-state index contributed by atoms with van der Waals surface area (Å²) in [5.41, 5.74) is 0. The van der Waals surface area contributed by atoms with Gasteiger partial charge in [-0.2, -0.15) is 0 Å². The molecule has 2 heterocycles. The third-order valence-electron chi connectivity index (χ3n) is 5.57. The average Bonchev–Trinajstić information content (AvgIpc) is 2.58. The molecule has 3 aliphatic rings. The summed E-state index contributed by atoms with van der Waals surface area (Å²) in [5, 5.41) is 1.66. The van der Waals surface area contributed by atoms with Gasteiger partial charge in [0, 0.05) is 13.0 Å². The van der Waals surface area contributed by atoms with Gasteiger partial charge in [-0.25, -0.2) is 9.90 Å². The highest BCUT2D eigenvalue weighted by Gasteiger charge is 2.49. The van der Waals surface area contributed by atoms with Gasteiger partial charge in [-0.05, 0) is 31.6 Å². The van der Waals surface area contributed by atoms with E-state index in [0.717, 1.165) is 51.0 Å². The Kier molecular flexibility index (Phi) is 5.75. The van der Waals surface area contributed by atoms with Gasteiger partial charge in [0.05, 0.1) is 12.0 Å². The third kappa shape index (κ3) is 3.65. The van der Waals surface area contributed by atoms with Gasteiger partial charge in [0.15, 0.2) is 6.29 Å². The van der Waals surface area contributed by atoms with Crippen molar-refractivity contribution >= 4 is 5.91 Å². The van der Waals surface area contributed by atoms with Crippen molar-refractivity contribution in [3.63, 3.8) is 0 Å². The number of β-lactam (4-membered cyclic amide) rings is 1. The summed E-state index contributed by atoms with van der Waals surface area (Å²) in [6.07, 6.45) is 12.9. The monoisotopic (exact) mass is 309 g/mol. The number of carbonyl (C=O) groups is 1. The van der Waals surface area contributed by atoms with Crippen molar-refractivity contribution in [1.29, 1.82) is 0 Å². The van der Waals surface area contributed by atoms with E-state index in [2.05, 4.69) is 6.92 Å². The zero-order valence-electron chi connectivity index (χ0n) is 14.0. The van der Waals surface area contributed by atoms with Crippen molar-refractivity contribution in [1.82, 2.24) is 5.06 Å². The molecule has 0 aromatic rings. The summed E-state index contributed by atoms with van der Waals surface area (Å²) in [5.74, 6) is 1.17. The molecule has 2 saturated heterocycles. The molecule has 0 aromatic carbocycles. The molecule has 0 N–H and O–H groups in total. The van der Waals surface area contributed by atoms with Crippen molar-refractivity contribution in [2.75, 3.05) is 6.61 Å². The predicted octanol–water partition coefficient (Wildman–Crippen LogP) is 4.04.